The number of nitrogens with one attached hydrogen (secondary N) is 4. The average molecular weight is 517 g/mol. The molecular weight excluding hydrogens is 494 g/mol. The van der Waals surface area contributed by atoms with Gasteiger partial charge in [-0.25, -0.2) is 13.8 Å². The maximum Gasteiger partial charge on any atom is 0.276 e. The van der Waals surface area contributed by atoms with E-state index < -0.39 is 29.7 Å². The fourth-order valence-electron chi connectivity index (χ4n) is 3.74. The molecule has 4 rings (SSSR count). The van der Waals surface area contributed by atoms with Gasteiger partial charge in [-0.15, -0.1) is 0 Å². The monoisotopic (exact) mass is 516 g/mol. The summed E-state index contributed by atoms with van der Waals surface area (Å²) < 4.78 is 26.4. The zero-order valence-electron chi connectivity index (χ0n) is 19.0. The van der Waals surface area contributed by atoms with Gasteiger partial charge in [-0.05, 0) is 48.9 Å². The Balaban J connectivity index is 1.31. The van der Waals surface area contributed by atoms with Gasteiger partial charge in [0.25, 0.3) is 17.7 Å². The first-order valence-electron chi connectivity index (χ1n) is 11.2. The van der Waals surface area contributed by atoms with E-state index in [1.54, 1.807) is 24.3 Å². The third-order valence-corrected chi connectivity index (χ3v) is 5.90. The van der Waals surface area contributed by atoms with Crippen molar-refractivity contribution in [3.8, 4) is 0 Å². The fraction of sp³-hybridized carbons (Fsp3) is 0.250. The van der Waals surface area contributed by atoms with Crippen LogP contribution in [0.15, 0.2) is 48.8 Å². The van der Waals surface area contributed by atoms with E-state index in [0.717, 1.165) is 12.1 Å². The zero-order chi connectivity index (χ0) is 25.7. The largest absolute Gasteiger partial charge is 0.349 e. The Bertz CT molecular complexity index is 1270. The van der Waals surface area contributed by atoms with Crippen molar-refractivity contribution >= 4 is 40.7 Å². The lowest BCUT2D eigenvalue weighted by Crippen LogP contribution is -2.35. The van der Waals surface area contributed by atoms with E-state index in [2.05, 4.69) is 25.9 Å². The molecule has 9 nitrogen and oxygen atoms in total. The number of halogens is 3. The topological polar surface area (TPSA) is 119 Å². The van der Waals surface area contributed by atoms with Gasteiger partial charge < -0.3 is 20.9 Å². The van der Waals surface area contributed by atoms with Gasteiger partial charge in [-0.3, -0.25) is 19.3 Å². The number of amides is 3. The highest BCUT2D eigenvalue weighted by molar-refractivity contribution is 6.34. The van der Waals surface area contributed by atoms with E-state index in [0.29, 0.717) is 44.0 Å². The number of H-pyrrole nitrogens is 1. The van der Waals surface area contributed by atoms with E-state index in [-0.39, 0.29) is 22.0 Å². The second-order valence-electron chi connectivity index (χ2n) is 8.18. The predicted molar refractivity (Wildman–Crippen MR) is 131 cm³/mol. The standard InChI is InChI=1S/C24H23ClF2N6O3/c25-19-11-14(26)1-6-18(19)22(34)31-16-2-4-17(5-3-16)32-24(36)21-20(29-13-30-21)23(35)28-8-10-33-9-7-15(27)12-33/h1-6,11,13,15H,7-10,12H2,(H,28,35)(H,29,30)(H,31,34)(H,32,36)/t15-/m0/s1. The average Bonchev–Trinajstić information content (AvgIpc) is 3.49. The molecule has 0 saturated carbocycles. The summed E-state index contributed by atoms with van der Waals surface area (Å²) in [6, 6.07) is 9.70. The molecule has 1 saturated heterocycles. The Morgan fingerprint density at radius 1 is 1.06 bits per heavy atom. The maximum atomic E-state index is 13.3. The van der Waals surface area contributed by atoms with E-state index >= 15 is 0 Å². The highest BCUT2D eigenvalue weighted by Crippen LogP contribution is 2.20. The summed E-state index contributed by atoms with van der Waals surface area (Å²) >= 11 is 5.92. The first-order valence-corrected chi connectivity index (χ1v) is 11.5. The van der Waals surface area contributed by atoms with Crippen LogP contribution in [0.25, 0.3) is 0 Å². The summed E-state index contributed by atoms with van der Waals surface area (Å²) in [7, 11) is 0. The van der Waals surface area contributed by atoms with Crippen LogP contribution in [0, 0.1) is 5.82 Å². The summed E-state index contributed by atoms with van der Waals surface area (Å²) in [5.74, 6) is -2.16. The van der Waals surface area contributed by atoms with E-state index in [1.165, 1.54) is 12.4 Å². The number of hydrogen-bond acceptors (Lipinski definition) is 5. The van der Waals surface area contributed by atoms with Crippen molar-refractivity contribution in [2.75, 3.05) is 36.8 Å². The van der Waals surface area contributed by atoms with Crippen LogP contribution in [-0.2, 0) is 0 Å². The summed E-state index contributed by atoms with van der Waals surface area (Å²) in [5, 5.41) is 7.98. The molecule has 3 amide bonds. The third-order valence-electron chi connectivity index (χ3n) is 5.59. The lowest BCUT2D eigenvalue weighted by molar-refractivity contribution is 0.0931. The molecule has 2 heterocycles. The predicted octanol–water partition coefficient (Wildman–Crippen LogP) is 3.48. The number of likely N-dealkylation sites (tertiary alicyclic amines) is 1. The number of alkyl halides is 1. The molecule has 3 aromatic rings. The van der Waals surface area contributed by atoms with Crippen molar-refractivity contribution < 1.29 is 23.2 Å². The number of benzene rings is 2. The summed E-state index contributed by atoms with van der Waals surface area (Å²) in [6.07, 6.45) is 0.911. The Morgan fingerprint density at radius 3 is 2.39 bits per heavy atom. The molecule has 0 unspecified atom stereocenters. The number of carbonyl (C=O) groups is 3. The van der Waals surface area contributed by atoms with Gasteiger partial charge in [0.05, 0.1) is 16.9 Å². The normalized spacial score (nSPS) is 15.5. The van der Waals surface area contributed by atoms with Crippen LogP contribution < -0.4 is 16.0 Å². The van der Waals surface area contributed by atoms with Gasteiger partial charge in [0.1, 0.15) is 17.7 Å². The molecule has 188 valence electrons. The van der Waals surface area contributed by atoms with E-state index in [4.69, 9.17) is 11.6 Å². The van der Waals surface area contributed by atoms with Crippen LogP contribution in [0.1, 0.15) is 37.8 Å². The van der Waals surface area contributed by atoms with Crippen LogP contribution in [0.2, 0.25) is 5.02 Å². The summed E-state index contributed by atoms with van der Waals surface area (Å²) in [4.78, 5) is 46.1. The van der Waals surface area contributed by atoms with Gasteiger partial charge in [-0.1, -0.05) is 11.6 Å². The number of aromatic nitrogens is 2. The quantitative estimate of drug-likeness (QED) is 0.365. The zero-order valence-corrected chi connectivity index (χ0v) is 19.7. The minimum absolute atomic E-state index is 0.0114. The number of imidazole rings is 1. The van der Waals surface area contributed by atoms with Gasteiger partial charge in [0.15, 0.2) is 5.69 Å². The molecule has 36 heavy (non-hydrogen) atoms. The minimum atomic E-state index is -0.831. The number of aromatic amines is 1. The van der Waals surface area contributed by atoms with Crippen molar-refractivity contribution in [3.63, 3.8) is 0 Å². The molecule has 12 heteroatoms. The van der Waals surface area contributed by atoms with Gasteiger partial charge in [-0.2, -0.15) is 0 Å². The van der Waals surface area contributed by atoms with Gasteiger partial charge >= 0.3 is 0 Å². The van der Waals surface area contributed by atoms with Crippen molar-refractivity contribution in [2.45, 2.75) is 12.6 Å². The lowest BCUT2D eigenvalue weighted by atomic mass is 10.2. The van der Waals surface area contributed by atoms with Crippen molar-refractivity contribution in [1.82, 2.24) is 20.2 Å². The van der Waals surface area contributed by atoms with Gasteiger partial charge in [0, 0.05) is 37.6 Å². The SMILES string of the molecule is O=C(Nc1ccc(NC(=O)c2nc[nH]c2C(=O)NCCN2CC[C@H](F)C2)cc1)c1ccc(F)cc1Cl. The van der Waals surface area contributed by atoms with Crippen LogP contribution in [-0.4, -0.2) is 64.9 Å². The Hall–Kier alpha value is -3.83. The molecule has 0 aliphatic carbocycles. The molecular formula is C24H23ClF2N6O3. The molecule has 0 bridgehead atoms. The third kappa shape index (κ3) is 6.23. The van der Waals surface area contributed by atoms with Crippen molar-refractivity contribution in [3.05, 3.63) is 76.6 Å². The molecule has 0 spiro atoms. The Kier molecular flexibility index (Phi) is 7.91. The van der Waals surface area contributed by atoms with Crippen LogP contribution in [0.4, 0.5) is 20.2 Å². The summed E-state index contributed by atoms with van der Waals surface area (Å²) in [5.41, 5.74) is 0.877. The van der Waals surface area contributed by atoms with Crippen molar-refractivity contribution in [1.29, 1.82) is 0 Å². The number of anilines is 2. The molecule has 1 atom stereocenters. The highest BCUT2D eigenvalue weighted by Gasteiger charge is 2.23. The number of hydrogen-bond donors (Lipinski definition) is 4. The minimum Gasteiger partial charge on any atom is -0.349 e. The van der Waals surface area contributed by atoms with E-state index in [9.17, 15) is 23.2 Å². The maximum absolute atomic E-state index is 13.3. The van der Waals surface area contributed by atoms with Crippen LogP contribution in [0.5, 0.6) is 0 Å². The number of carbonyl (C=O) groups excluding carboxylic acids is 3. The Labute approximate surface area is 210 Å². The van der Waals surface area contributed by atoms with Gasteiger partial charge in [0.2, 0.25) is 0 Å². The first kappa shape index (κ1) is 25.3. The molecule has 2 aromatic carbocycles. The first-order chi connectivity index (χ1) is 17.3. The van der Waals surface area contributed by atoms with Crippen molar-refractivity contribution in [2.24, 2.45) is 0 Å². The molecule has 0 radical (unpaired) electrons. The molecule has 1 aliphatic heterocycles. The smallest absolute Gasteiger partial charge is 0.276 e. The second-order valence-corrected chi connectivity index (χ2v) is 8.59. The molecule has 4 N–H and O–H groups in total. The van der Waals surface area contributed by atoms with E-state index in [1.807, 2.05) is 4.90 Å². The Morgan fingerprint density at radius 2 is 1.75 bits per heavy atom. The number of rotatable bonds is 8. The summed E-state index contributed by atoms with van der Waals surface area (Å²) in [6.45, 7) is 1.83. The van der Waals surface area contributed by atoms with Crippen LogP contribution in [0.3, 0.4) is 0 Å². The molecule has 1 aromatic heterocycles. The number of nitrogens with zero attached hydrogens (tertiary/aromatic N) is 2. The molecule has 1 fully saturated rings. The van der Waals surface area contributed by atoms with Crippen LogP contribution >= 0.6 is 11.6 Å². The lowest BCUT2D eigenvalue weighted by Gasteiger charge is -2.14. The second kappa shape index (κ2) is 11.3. The fourth-order valence-corrected chi connectivity index (χ4v) is 4.00. The molecule has 1 aliphatic rings. The highest BCUT2D eigenvalue weighted by atomic mass is 35.5.